The van der Waals surface area contributed by atoms with Crippen LogP contribution < -0.4 is 16.0 Å². The van der Waals surface area contributed by atoms with E-state index in [1.807, 2.05) is 32.2 Å². The number of pyridine rings is 1. The second kappa shape index (κ2) is 12.1. The van der Waals surface area contributed by atoms with Gasteiger partial charge in [-0.15, -0.1) is 0 Å². The lowest BCUT2D eigenvalue weighted by molar-refractivity contribution is 0.0699. The van der Waals surface area contributed by atoms with Crippen molar-refractivity contribution in [2.24, 2.45) is 10.9 Å². The molecule has 6 nitrogen and oxygen atoms in total. The number of allylic oxidation sites excluding steroid dienone is 2. The number of hydrogen-bond donors (Lipinski definition) is 3. The monoisotopic (exact) mass is 393 g/mol. The van der Waals surface area contributed by atoms with E-state index in [0.29, 0.717) is 17.6 Å². The first kappa shape index (κ1) is 21.8. The molecule has 1 aliphatic rings. The molecule has 1 unspecified atom stereocenters. The lowest BCUT2D eigenvalue weighted by Gasteiger charge is -2.22. The van der Waals surface area contributed by atoms with E-state index in [-0.39, 0.29) is 6.17 Å². The lowest BCUT2D eigenvalue weighted by Crippen LogP contribution is -2.32. The number of hydrogen-bond acceptors (Lipinski definition) is 6. The van der Waals surface area contributed by atoms with E-state index >= 15 is 0 Å². The van der Waals surface area contributed by atoms with Gasteiger partial charge < -0.3 is 15.4 Å². The smallest absolute Gasteiger partial charge is 0.126 e. The summed E-state index contributed by atoms with van der Waals surface area (Å²) < 4.78 is 5.42. The van der Waals surface area contributed by atoms with Gasteiger partial charge in [0, 0.05) is 32.6 Å². The van der Waals surface area contributed by atoms with Gasteiger partial charge in [-0.1, -0.05) is 24.6 Å². The highest BCUT2D eigenvalue weighted by molar-refractivity contribution is 6.42. The third kappa shape index (κ3) is 7.58. The Kier molecular flexibility index (Phi) is 9.77. The van der Waals surface area contributed by atoms with Gasteiger partial charge in [-0.25, -0.2) is 4.98 Å². The number of nitrogens with one attached hydrogen (secondary N) is 3. The topological polar surface area (TPSA) is 70.6 Å². The van der Waals surface area contributed by atoms with Gasteiger partial charge in [-0.2, -0.15) is 0 Å². The van der Waals surface area contributed by atoms with Crippen molar-refractivity contribution in [2.75, 3.05) is 38.8 Å². The molecule has 2 rings (SSSR count). The first-order valence-corrected chi connectivity index (χ1v) is 10.1. The van der Waals surface area contributed by atoms with Crippen LogP contribution in [0.5, 0.6) is 0 Å². The minimum atomic E-state index is -0.00950. The Morgan fingerprint density at radius 2 is 2.19 bits per heavy atom. The summed E-state index contributed by atoms with van der Waals surface area (Å²) in [7, 11) is 1.89. The van der Waals surface area contributed by atoms with Crippen LogP contribution in [-0.4, -0.2) is 50.8 Å². The van der Waals surface area contributed by atoms with Crippen molar-refractivity contribution in [3.8, 4) is 0 Å². The zero-order valence-corrected chi connectivity index (χ0v) is 17.4. The van der Waals surface area contributed by atoms with E-state index in [2.05, 4.69) is 27.9 Å². The third-order valence-electron chi connectivity index (χ3n) is 4.60. The molecule has 1 fully saturated rings. The summed E-state index contributed by atoms with van der Waals surface area (Å²) in [4.78, 5) is 9.21. The molecule has 150 valence electrons. The Morgan fingerprint density at radius 3 is 2.89 bits per heavy atom. The fourth-order valence-electron chi connectivity index (χ4n) is 2.93. The molecule has 1 aliphatic heterocycles. The van der Waals surface area contributed by atoms with Crippen LogP contribution in [0.15, 0.2) is 28.2 Å². The van der Waals surface area contributed by atoms with E-state index in [1.54, 1.807) is 6.21 Å². The average molecular weight is 394 g/mol. The molecule has 0 aliphatic carbocycles. The molecule has 1 atom stereocenters. The van der Waals surface area contributed by atoms with Gasteiger partial charge >= 0.3 is 0 Å². The van der Waals surface area contributed by atoms with Crippen LogP contribution in [0.3, 0.4) is 0 Å². The summed E-state index contributed by atoms with van der Waals surface area (Å²) in [5, 5.41) is 10.3. The van der Waals surface area contributed by atoms with Crippen LogP contribution in [0.4, 0.5) is 5.82 Å². The standard InChI is InChI=1S/C20H32ClN5O/c1-4-17(18(21)13-23-15(2)25-14-22-3)19-6-5-7-20(26-19)24-12-16-8-10-27-11-9-16/h5-7,13,15-16,22,25H,4,8-12,14H2,1-3H3,(H,24,26)/b18-17-,23-13-. The van der Waals surface area contributed by atoms with Gasteiger partial charge in [0.2, 0.25) is 0 Å². The van der Waals surface area contributed by atoms with Crippen LogP contribution in [0.1, 0.15) is 38.8 Å². The SMILES string of the molecule is CC/C(=C(Cl)\C=N/C(C)NCNC)c1cccc(NCC2CCOCC2)n1. The molecular formula is C20H32ClN5O. The molecule has 3 N–H and O–H groups in total. The molecule has 1 aromatic heterocycles. The molecule has 1 saturated heterocycles. The molecule has 0 spiro atoms. The summed E-state index contributed by atoms with van der Waals surface area (Å²) in [6, 6.07) is 6.02. The highest BCUT2D eigenvalue weighted by atomic mass is 35.5. The van der Waals surface area contributed by atoms with Crippen LogP contribution in [-0.2, 0) is 4.74 Å². The van der Waals surface area contributed by atoms with Crippen molar-refractivity contribution in [3.63, 3.8) is 0 Å². The zero-order chi connectivity index (χ0) is 19.5. The molecule has 7 heteroatoms. The minimum Gasteiger partial charge on any atom is -0.381 e. The van der Waals surface area contributed by atoms with E-state index in [0.717, 1.165) is 56.1 Å². The second-order valence-corrected chi connectivity index (χ2v) is 7.12. The van der Waals surface area contributed by atoms with Crippen LogP contribution in [0.25, 0.3) is 5.57 Å². The lowest BCUT2D eigenvalue weighted by atomic mass is 10.0. The van der Waals surface area contributed by atoms with Gasteiger partial charge in [0.15, 0.2) is 0 Å². The van der Waals surface area contributed by atoms with Gasteiger partial charge in [0.05, 0.1) is 16.9 Å². The maximum Gasteiger partial charge on any atom is 0.126 e. The summed E-state index contributed by atoms with van der Waals surface area (Å²) in [6.45, 7) is 7.41. The molecule has 2 heterocycles. The maximum atomic E-state index is 6.52. The summed E-state index contributed by atoms with van der Waals surface area (Å²) in [6.07, 6.45) is 4.71. The molecule has 0 bridgehead atoms. The summed E-state index contributed by atoms with van der Waals surface area (Å²) in [5.74, 6) is 1.53. The Hall–Kier alpha value is -1.47. The number of nitrogens with zero attached hydrogens (tertiary/aromatic N) is 2. The summed E-state index contributed by atoms with van der Waals surface area (Å²) >= 11 is 6.52. The molecule has 27 heavy (non-hydrogen) atoms. The van der Waals surface area contributed by atoms with Crippen molar-refractivity contribution in [2.45, 2.75) is 39.3 Å². The fraction of sp³-hybridized carbons (Fsp3) is 0.600. The highest BCUT2D eigenvalue weighted by Crippen LogP contribution is 2.24. The molecule has 0 amide bonds. The Morgan fingerprint density at radius 1 is 1.41 bits per heavy atom. The van der Waals surface area contributed by atoms with Crippen molar-refractivity contribution in [1.29, 1.82) is 0 Å². The van der Waals surface area contributed by atoms with Crippen molar-refractivity contribution in [1.82, 2.24) is 15.6 Å². The molecular weight excluding hydrogens is 362 g/mol. The third-order valence-corrected chi connectivity index (χ3v) is 4.92. The van der Waals surface area contributed by atoms with Crippen LogP contribution in [0, 0.1) is 5.92 Å². The Labute approximate surface area is 167 Å². The number of ether oxygens (including phenoxy) is 1. The zero-order valence-electron chi connectivity index (χ0n) is 16.6. The molecule has 0 aromatic carbocycles. The number of aromatic nitrogens is 1. The first-order chi connectivity index (χ1) is 13.1. The normalized spacial score (nSPS) is 17.8. The Balaban J connectivity index is 2.03. The fourth-order valence-corrected chi connectivity index (χ4v) is 3.22. The number of aliphatic imine (C=N–C) groups is 1. The van der Waals surface area contributed by atoms with Gasteiger partial charge in [-0.3, -0.25) is 10.3 Å². The molecule has 1 aromatic rings. The highest BCUT2D eigenvalue weighted by Gasteiger charge is 2.14. The minimum absolute atomic E-state index is 0.00950. The van der Waals surface area contributed by atoms with Gasteiger partial charge in [0.1, 0.15) is 5.82 Å². The van der Waals surface area contributed by atoms with E-state index in [1.165, 1.54) is 0 Å². The predicted octanol–water partition coefficient (Wildman–Crippen LogP) is 3.46. The van der Waals surface area contributed by atoms with Crippen LogP contribution in [0.2, 0.25) is 0 Å². The van der Waals surface area contributed by atoms with E-state index < -0.39 is 0 Å². The number of rotatable bonds is 10. The largest absolute Gasteiger partial charge is 0.381 e. The second-order valence-electron chi connectivity index (χ2n) is 6.71. The maximum absolute atomic E-state index is 6.52. The van der Waals surface area contributed by atoms with Gasteiger partial charge in [-0.05, 0) is 56.9 Å². The molecule has 0 radical (unpaired) electrons. The van der Waals surface area contributed by atoms with Crippen LogP contribution >= 0.6 is 11.6 Å². The van der Waals surface area contributed by atoms with Crippen molar-refractivity contribution >= 4 is 29.2 Å². The average Bonchev–Trinajstić information content (AvgIpc) is 2.71. The number of halogens is 1. The Bertz CT molecular complexity index is 629. The number of anilines is 1. The quantitative estimate of drug-likeness (QED) is 0.419. The van der Waals surface area contributed by atoms with E-state index in [9.17, 15) is 0 Å². The predicted molar refractivity (Wildman–Crippen MR) is 114 cm³/mol. The first-order valence-electron chi connectivity index (χ1n) is 9.72. The van der Waals surface area contributed by atoms with Crippen molar-refractivity contribution in [3.05, 3.63) is 28.9 Å². The molecule has 0 saturated carbocycles. The summed E-state index contributed by atoms with van der Waals surface area (Å²) in [5.41, 5.74) is 1.89. The van der Waals surface area contributed by atoms with E-state index in [4.69, 9.17) is 21.3 Å². The van der Waals surface area contributed by atoms with Crippen molar-refractivity contribution < 1.29 is 4.74 Å². The van der Waals surface area contributed by atoms with Gasteiger partial charge in [0.25, 0.3) is 0 Å².